The first-order chi connectivity index (χ1) is 18.1. The van der Waals surface area contributed by atoms with Gasteiger partial charge in [-0.1, -0.05) is 18.2 Å². The van der Waals surface area contributed by atoms with E-state index in [1.165, 1.54) is 0 Å². The molecule has 186 valence electrons. The van der Waals surface area contributed by atoms with E-state index in [1.807, 2.05) is 65.4 Å². The maximum atomic E-state index is 11.8. The monoisotopic (exact) mass is 492 g/mol. The van der Waals surface area contributed by atoms with Crippen LogP contribution in [0.15, 0.2) is 79.1 Å². The van der Waals surface area contributed by atoms with Crippen molar-refractivity contribution in [2.45, 2.75) is 31.7 Å². The molecule has 7 heteroatoms. The summed E-state index contributed by atoms with van der Waals surface area (Å²) in [5.74, 6) is -0.0708. The van der Waals surface area contributed by atoms with Crippen molar-refractivity contribution in [3.05, 3.63) is 96.1 Å². The number of rotatable bonds is 8. The molecule has 0 amide bonds. The summed E-state index contributed by atoms with van der Waals surface area (Å²) in [5, 5.41) is 15.1. The van der Waals surface area contributed by atoms with Gasteiger partial charge < -0.3 is 19.7 Å². The Kier molecular flexibility index (Phi) is 6.18. The lowest BCUT2D eigenvalue weighted by molar-refractivity contribution is -0.137. The summed E-state index contributed by atoms with van der Waals surface area (Å²) >= 11 is 0. The number of hydrogen-bond donors (Lipinski definition) is 2. The molecule has 6 rings (SSSR count). The third kappa shape index (κ3) is 4.85. The molecule has 4 heterocycles. The SMILES string of the molecule is O=C(O)CC(c1cnc2ccccc2c1)n1ccc2cc(OCCc3ccc4c(n3)CCCN4)ccc21. The second-order valence-corrected chi connectivity index (χ2v) is 9.44. The molecule has 5 aromatic rings. The highest BCUT2D eigenvalue weighted by atomic mass is 16.5. The van der Waals surface area contributed by atoms with Gasteiger partial charge in [-0.25, -0.2) is 0 Å². The number of hydrogen-bond acceptors (Lipinski definition) is 5. The van der Waals surface area contributed by atoms with Crippen LogP contribution in [-0.2, 0) is 17.6 Å². The Balaban J connectivity index is 1.21. The molecule has 1 atom stereocenters. The van der Waals surface area contributed by atoms with Gasteiger partial charge >= 0.3 is 5.97 Å². The van der Waals surface area contributed by atoms with Gasteiger partial charge in [0.05, 0.1) is 36.0 Å². The number of carbonyl (C=O) groups is 1. The molecule has 0 radical (unpaired) electrons. The Morgan fingerprint density at radius 2 is 2.00 bits per heavy atom. The molecule has 1 aliphatic rings. The summed E-state index contributed by atoms with van der Waals surface area (Å²) < 4.78 is 8.08. The Morgan fingerprint density at radius 3 is 2.92 bits per heavy atom. The van der Waals surface area contributed by atoms with Gasteiger partial charge in [0, 0.05) is 47.3 Å². The fourth-order valence-electron chi connectivity index (χ4n) is 5.11. The molecule has 37 heavy (non-hydrogen) atoms. The summed E-state index contributed by atoms with van der Waals surface area (Å²) in [5.41, 5.74) is 6.04. The van der Waals surface area contributed by atoms with Crippen LogP contribution in [-0.4, -0.2) is 38.8 Å². The topological polar surface area (TPSA) is 89.3 Å². The number of carboxylic acid groups (broad SMARTS) is 1. The van der Waals surface area contributed by atoms with E-state index < -0.39 is 5.97 Å². The molecule has 1 aliphatic heterocycles. The summed E-state index contributed by atoms with van der Waals surface area (Å²) in [7, 11) is 0. The van der Waals surface area contributed by atoms with E-state index in [0.717, 1.165) is 76.0 Å². The first-order valence-corrected chi connectivity index (χ1v) is 12.7. The molecule has 0 aliphatic carbocycles. The van der Waals surface area contributed by atoms with Gasteiger partial charge in [-0.05, 0) is 66.9 Å². The van der Waals surface area contributed by atoms with E-state index in [4.69, 9.17) is 9.72 Å². The Bertz CT molecular complexity index is 1590. The molecule has 0 saturated heterocycles. The van der Waals surface area contributed by atoms with Crippen LogP contribution in [0.25, 0.3) is 21.8 Å². The molecular formula is C30H28N4O3. The lowest BCUT2D eigenvalue weighted by Gasteiger charge is -2.19. The lowest BCUT2D eigenvalue weighted by Crippen LogP contribution is -2.15. The minimum Gasteiger partial charge on any atom is -0.493 e. The fourth-order valence-corrected chi connectivity index (χ4v) is 5.11. The molecule has 0 saturated carbocycles. The highest BCUT2D eigenvalue weighted by Gasteiger charge is 2.20. The molecule has 7 nitrogen and oxygen atoms in total. The summed E-state index contributed by atoms with van der Waals surface area (Å²) in [6.07, 6.45) is 6.56. The van der Waals surface area contributed by atoms with Crippen LogP contribution in [0.2, 0.25) is 0 Å². The standard InChI is InChI=1S/C30H28N4O3/c35-30(36)18-29(22-16-20-4-1-2-5-25(20)32-19-22)34-14-11-21-17-24(8-10-28(21)34)37-15-12-23-7-9-26-27(33-23)6-3-13-31-26/h1-2,4-5,7-11,14,16-17,19,29,31H,3,6,12-13,15,18H2,(H,35,36). The lowest BCUT2D eigenvalue weighted by atomic mass is 10.0. The predicted octanol–water partition coefficient (Wildman–Crippen LogP) is 5.63. The van der Waals surface area contributed by atoms with E-state index in [1.54, 1.807) is 6.20 Å². The second kappa shape index (κ2) is 9.93. The number of nitrogens with zero attached hydrogens (tertiary/aromatic N) is 3. The van der Waals surface area contributed by atoms with Crippen LogP contribution >= 0.6 is 0 Å². The normalized spacial score (nSPS) is 13.7. The molecular weight excluding hydrogens is 464 g/mol. The third-order valence-electron chi connectivity index (χ3n) is 6.96. The predicted molar refractivity (Wildman–Crippen MR) is 144 cm³/mol. The van der Waals surface area contributed by atoms with E-state index in [2.05, 4.69) is 22.4 Å². The van der Waals surface area contributed by atoms with Gasteiger partial charge in [-0.15, -0.1) is 0 Å². The minimum absolute atomic E-state index is 0.0364. The summed E-state index contributed by atoms with van der Waals surface area (Å²) in [4.78, 5) is 21.1. The average Bonchev–Trinajstić information content (AvgIpc) is 3.34. The zero-order valence-electron chi connectivity index (χ0n) is 20.4. The van der Waals surface area contributed by atoms with E-state index in [9.17, 15) is 9.90 Å². The van der Waals surface area contributed by atoms with Crippen LogP contribution < -0.4 is 10.1 Å². The van der Waals surface area contributed by atoms with Crippen LogP contribution in [0.1, 0.15) is 35.8 Å². The van der Waals surface area contributed by atoms with Gasteiger partial charge in [0.25, 0.3) is 0 Å². The second-order valence-electron chi connectivity index (χ2n) is 9.44. The van der Waals surface area contributed by atoms with Crippen molar-refractivity contribution < 1.29 is 14.6 Å². The number of aromatic nitrogens is 3. The number of fused-ring (bicyclic) bond motifs is 3. The minimum atomic E-state index is -0.855. The number of nitrogens with one attached hydrogen (secondary N) is 1. The van der Waals surface area contributed by atoms with Crippen molar-refractivity contribution in [3.8, 4) is 5.75 Å². The number of pyridine rings is 2. The van der Waals surface area contributed by atoms with Crippen LogP contribution in [0.4, 0.5) is 5.69 Å². The van der Waals surface area contributed by atoms with E-state index >= 15 is 0 Å². The number of anilines is 1. The van der Waals surface area contributed by atoms with Gasteiger partial charge in [0.1, 0.15) is 5.75 Å². The maximum Gasteiger partial charge on any atom is 0.305 e. The fraction of sp³-hybridized carbons (Fsp3) is 0.233. The molecule has 0 spiro atoms. The Labute approximate surface area is 214 Å². The van der Waals surface area contributed by atoms with Gasteiger partial charge in [-0.2, -0.15) is 0 Å². The molecule has 2 N–H and O–H groups in total. The molecule has 0 fully saturated rings. The van der Waals surface area contributed by atoms with Crippen LogP contribution in [0.5, 0.6) is 5.75 Å². The smallest absolute Gasteiger partial charge is 0.305 e. The van der Waals surface area contributed by atoms with E-state index in [-0.39, 0.29) is 12.5 Å². The average molecular weight is 493 g/mol. The van der Waals surface area contributed by atoms with Crippen LogP contribution in [0, 0.1) is 0 Å². The zero-order valence-corrected chi connectivity index (χ0v) is 20.4. The number of carboxylic acids is 1. The van der Waals surface area contributed by atoms with Gasteiger partial charge in [0.2, 0.25) is 0 Å². The van der Waals surface area contributed by atoms with Crippen molar-refractivity contribution in [1.82, 2.24) is 14.5 Å². The summed E-state index contributed by atoms with van der Waals surface area (Å²) in [6.45, 7) is 1.55. The number of para-hydroxylation sites is 1. The van der Waals surface area contributed by atoms with Crippen molar-refractivity contribution in [3.63, 3.8) is 0 Å². The number of benzene rings is 2. The first kappa shape index (κ1) is 23.0. The zero-order chi connectivity index (χ0) is 25.2. The molecule has 3 aromatic heterocycles. The highest BCUT2D eigenvalue weighted by Crippen LogP contribution is 2.31. The van der Waals surface area contributed by atoms with Crippen molar-refractivity contribution in [2.24, 2.45) is 0 Å². The number of aryl methyl sites for hydroxylation is 1. The largest absolute Gasteiger partial charge is 0.493 e. The van der Waals surface area contributed by atoms with Gasteiger partial charge in [0.15, 0.2) is 0 Å². The Morgan fingerprint density at radius 1 is 1.08 bits per heavy atom. The van der Waals surface area contributed by atoms with Crippen molar-refractivity contribution >= 4 is 33.5 Å². The van der Waals surface area contributed by atoms with Crippen molar-refractivity contribution in [2.75, 3.05) is 18.5 Å². The van der Waals surface area contributed by atoms with Crippen LogP contribution in [0.3, 0.4) is 0 Å². The van der Waals surface area contributed by atoms with Gasteiger partial charge in [-0.3, -0.25) is 14.8 Å². The quantitative estimate of drug-likeness (QED) is 0.292. The third-order valence-corrected chi connectivity index (χ3v) is 6.96. The Hall–Kier alpha value is -4.39. The number of aliphatic carboxylic acids is 1. The van der Waals surface area contributed by atoms with Crippen molar-refractivity contribution in [1.29, 1.82) is 0 Å². The summed E-state index contributed by atoms with van der Waals surface area (Å²) in [6, 6.07) is 21.7. The number of ether oxygens (including phenoxy) is 1. The molecule has 1 unspecified atom stereocenters. The highest BCUT2D eigenvalue weighted by molar-refractivity contribution is 5.83. The first-order valence-electron chi connectivity index (χ1n) is 12.7. The molecule has 2 aromatic carbocycles. The maximum absolute atomic E-state index is 11.8. The molecule has 0 bridgehead atoms. The van der Waals surface area contributed by atoms with E-state index in [0.29, 0.717) is 6.61 Å².